The van der Waals surface area contributed by atoms with Gasteiger partial charge in [0, 0.05) is 37.3 Å². The predicted molar refractivity (Wildman–Crippen MR) is 134 cm³/mol. The van der Waals surface area contributed by atoms with Crippen molar-refractivity contribution in [2.75, 3.05) is 44.3 Å². The molecule has 0 aliphatic carbocycles. The van der Waals surface area contributed by atoms with Gasteiger partial charge in [0.25, 0.3) is 11.8 Å². The molecular weight excluding hydrogens is 481 g/mol. The Morgan fingerprint density at radius 3 is 2.56 bits per heavy atom. The minimum Gasteiger partial charge on any atom is -0.379 e. The fourth-order valence-electron chi connectivity index (χ4n) is 4.41. The number of carbonyl (C=O) groups excluding carboxylic acids is 2. The SMILES string of the molecule is O=C(NCCN1CCOCC1)c1ccc2c(c1)N(Cc1ccccc1F)C(=O)c1ccccc1[S@@]2=O. The third-order valence-corrected chi connectivity index (χ3v) is 7.88. The van der Waals surface area contributed by atoms with Crippen LogP contribution in [0.2, 0.25) is 0 Å². The lowest BCUT2D eigenvalue weighted by atomic mass is 10.1. The van der Waals surface area contributed by atoms with Crippen LogP contribution in [-0.2, 0) is 22.1 Å². The average molecular weight is 508 g/mol. The van der Waals surface area contributed by atoms with Gasteiger partial charge in [0.1, 0.15) is 5.82 Å². The van der Waals surface area contributed by atoms with E-state index in [9.17, 15) is 18.2 Å². The normalized spacial score (nSPS) is 17.8. The number of halogens is 1. The van der Waals surface area contributed by atoms with Crippen LogP contribution in [0.25, 0.3) is 0 Å². The number of nitrogens with zero attached hydrogens (tertiary/aromatic N) is 2. The lowest BCUT2D eigenvalue weighted by molar-refractivity contribution is 0.0383. The second-order valence-corrected chi connectivity index (χ2v) is 10.1. The molecular formula is C27H26FN3O4S. The summed E-state index contributed by atoms with van der Waals surface area (Å²) in [6.07, 6.45) is 0. The maximum absolute atomic E-state index is 14.5. The summed E-state index contributed by atoms with van der Waals surface area (Å²) in [6, 6.07) is 17.7. The van der Waals surface area contributed by atoms with Crippen molar-refractivity contribution < 1.29 is 22.9 Å². The standard InChI is InChI=1S/C27H26FN3O4S/c28-22-7-3-1-5-20(22)18-31-23-17-19(26(32)29-11-12-30-13-15-35-16-14-30)9-10-25(23)36(34)24-8-4-2-6-21(24)27(31)33/h1-10,17H,11-16,18H2,(H,29,32)/t36-/m0/s1. The second kappa shape index (κ2) is 10.7. The molecule has 0 aromatic heterocycles. The monoisotopic (exact) mass is 507 g/mol. The van der Waals surface area contributed by atoms with Crippen LogP contribution in [0.5, 0.6) is 0 Å². The van der Waals surface area contributed by atoms with Gasteiger partial charge >= 0.3 is 0 Å². The lowest BCUT2D eigenvalue weighted by Gasteiger charge is -2.26. The van der Waals surface area contributed by atoms with E-state index in [1.807, 2.05) is 0 Å². The number of amides is 2. The van der Waals surface area contributed by atoms with Crippen molar-refractivity contribution in [1.82, 2.24) is 10.2 Å². The highest BCUT2D eigenvalue weighted by molar-refractivity contribution is 7.85. The number of fused-ring (bicyclic) bond motifs is 2. The van der Waals surface area contributed by atoms with Crippen molar-refractivity contribution in [3.63, 3.8) is 0 Å². The number of benzene rings is 3. The molecule has 1 saturated heterocycles. The summed E-state index contributed by atoms with van der Waals surface area (Å²) in [4.78, 5) is 31.0. The molecule has 0 unspecified atom stereocenters. The average Bonchev–Trinajstić information content (AvgIpc) is 2.99. The van der Waals surface area contributed by atoms with Crippen LogP contribution in [0.4, 0.5) is 10.1 Å². The third-order valence-electron chi connectivity index (χ3n) is 6.38. The number of hydrogen-bond donors (Lipinski definition) is 1. The van der Waals surface area contributed by atoms with Gasteiger partial charge in [-0.3, -0.25) is 14.5 Å². The molecule has 2 heterocycles. The van der Waals surface area contributed by atoms with Crippen molar-refractivity contribution in [1.29, 1.82) is 0 Å². The number of hydrogen-bond acceptors (Lipinski definition) is 5. The summed E-state index contributed by atoms with van der Waals surface area (Å²) in [6.45, 7) is 4.13. The zero-order valence-electron chi connectivity index (χ0n) is 19.6. The first-order valence-corrected chi connectivity index (χ1v) is 13.0. The fourth-order valence-corrected chi connectivity index (χ4v) is 5.76. The van der Waals surface area contributed by atoms with Gasteiger partial charge in [0.05, 0.1) is 51.6 Å². The van der Waals surface area contributed by atoms with Crippen molar-refractivity contribution in [2.24, 2.45) is 0 Å². The molecule has 1 fully saturated rings. The van der Waals surface area contributed by atoms with Crippen LogP contribution in [-0.4, -0.2) is 60.3 Å². The smallest absolute Gasteiger partial charge is 0.259 e. The summed E-state index contributed by atoms with van der Waals surface area (Å²) in [7, 11) is -1.65. The summed E-state index contributed by atoms with van der Waals surface area (Å²) in [5, 5.41) is 2.92. The van der Waals surface area contributed by atoms with Gasteiger partial charge in [-0.05, 0) is 36.4 Å². The number of carbonyl (C=O) groups is 2. The maximum Gasteiger partial charge on any atom is 0.259 e. The molecule has 1 N–H and O–H groups in total. The van der Waals surface area contributed by atoms with E-state index in [-0.39, 0.29) is 12.5 Å². The Hall–Kier alpha value is -3.40. The van der Waals surface area contributed by atoms with Gasteiger partial charge in [0.2, 0.25) is 0 Å². The number of anilines is 1. The maximum atomic E-state index is 14.5. The Bertz CT molecular complexity index is 1330. The van der Waals surface area contributed by atoms with Gasteiger partial charge in [0.15, 0.2) is 0 Å². The molecule has 0 spiro atoms. The van der Waals surface area contributed by atoms with Gasteiger partial charge in [-0.15, -0.1) is 0 Å². The quantitative estimate of drug-likeness (QED) is 0.555. The Labute approximate surface area is 211 Å². The van der Waals surface area contributed by atoms with E-state index >= 15 is 0 Å². The molecule has 186 valence electrons. The molecule has 2 aliphatic heterocycles. The highest BCUT2D eigenvalue weighted by Gasteiger charge is 2.32. The molecule has 1 atom stereocenters. The van der Waals surface area contributed by atoms with E-state index in [1.54, 1.807) is 60.7 Å². The topological polar surface area (TPSA) is 79.0 Å². The molecule has 9 heteroatoms. The molecule has 3 aromatic carbocycles. The van der Waals surface area contributed by atoms with Gasteiger partial charge in [-0.1, -0.05) is 30.3 Å². The lowest BCUT2D eigenvalue weighted by Crippen LogP contribution is -2.41. The van der Waals surface area contributed by atoms with Crippen LogP contribution in [0, 0.1) is 5.82 Å². The van der Waals surface area contributed by atoms with Gasteiger partial charge in [-0.2, -0.15) is 0 Å². The summed E-state index contributed by atoms with van der Waals surface area (Å²) < 4.78 is 33.4. The van der Waals surface area contributed by atoms with E-state index in [2.05, 4.69) is 10.2 Å². The second-order valence-electron chi connectivity index (χ2n) is 8.64. The molecule has 36 heavy (non-hydrogen) atoms. The van der Waals surface area contributed by atoms with Crippen LogP contribution in [0.15, 0.2) is 76.5 Å². The summed E-state index contributed by atoms with van der Waals surface area (Å²) in [5.74, 6) is -1.13. The Morgan fingerprint density at radius 1 is 1.00 bits per heavy atom. The van der Waals surface area contributed by atoms with Crippen LogP contribution in [0.3, 0.4) is 0 Å². The molecule has 0 bridgehead atoms. The molecule has 7 nitrogen and oxygen atoms in total. The molecule has 0 saturated carbocycles. The minimum atomic E-state index is -1.65. The summed E-state index contributed by atoms with van der Waals surface area (Å²) >= 11 is 0. The van der Waals surface area contributed by atoms with Crippen LogP contribution in [0.1, 0.15) is 26.3 Å². The third kappa shape index (κ3) is 4.95. The molecule has 5 rings (SSSR count). The summed E-state index contributed by atoms with van der Waals surface area (Å²) in [5.41, 5.74) is 1.28. The molecule has 2 aliphatic rings. The zero-order valence-corrected chi connectivity index (χ0v) is 20.4. The van der Waals surface area contributed by atoms with Crippen molar-refractivity contribution in [3.8, 4) is 0 Å². The fraction of sp³-hybridized carbons (Fsp3) is 0.259. The zero-order chi connectivity index (χ0) is 25.1. The highest BCUT2D eigenvalue weighted by Crippen LogP contribution is 2.36. The van der Waals surface area contributed by atoms with Crippen molar-refractivity contribution >= 4 is 28.3 Å². The van der Waals surface area contributed by atoms with E-state index in [1.165, 1.54) is 11.0 Å². The minimum absolute atomic E-state index is 0.0633. The molecule has 0 radical (unpaired) electrons. The molecule has 3 aromatic rings. The number of rotatable bonds is 6. The first kappa shape index (κ1) is 24.3. The molecule has 2 amide bonds. The first-order chi connectivity index (χ1) is 17.5. The van der Waals surface area contributed by atoms with E-state index in [0.717, 1.165) is 13.1 Å². The van der Waals surface area contributed by atoms with Crippen LogP contribution < -0.4 is 10.2 Å². The van der Waals surface area contributed by atoms with Gasteiger partial charge < -0.3 is 15.0 Å². The predicted octanol–water partition coefficient (Wildman–Crippen LogP) is 3.21. The Morgan fingerprint density at radius 2 is 1.75 bits per heavy atom. The van der Waals surface area contributed by atoms with E-state index in [0.29, 0.717) is 58.5 Å². The number of ether oxygens (including phenoxy) is 1. The first-order valence-electron chi connectivity index (χ1n) is 11.8. The van der Waals surface area contributed by atoms with Crippen LogP contribution >= 0.6 is 0 Å². The Kier molecular flexibility index (Phi) is 7.22. The van der Waals surface area contributed by atoms with Crippen molar-refractivity contribution in [2.45, 2.75) is 16.3 Å². The van der Waals surface area contributed by atoms with E-state index in [4.69, 9.17) is 4.74 Å². The largest absolute Gasteiger partial charge is 0.379 e. The van der Waals surface area contributed by atoms with Gasteiger partial charge in [-0.25, -0.2) is 8.60 Å². The highest BCUT2D eigenvalue weighted by atomic mass is 32.2. The number of morpholine rings is 1. The number of nitrogens with one attached hydrogen (secondary N) is 1. The Balaban J connectivity index is 1.46. The van der Waals surface area contributed by atoms with E-state index < -0.39 is 22.5 Å². The van der Waals surface area contributed by atoms with Crippen molar-refractivity contribution in [3.05, 3.63) is 89.2 Å².